The first-order chi connectivity index (χ1) is 11.6. The number of likely N-dealkylation sites (tertiary alicyclic amines) is 1. The summed E-state index contributed by atoms with van der Waals surface area (Å²) in [5.41, 5.74) is 4.45. The molecule has 126 valence electrons. The van der Waals surface area contributed by atoms with Crippen LogP contribution in [0, 0.1) is 32.6 Å². The number of anilines is 1. The fourth-order valence-corrected chi connectivity index (χ4v) is 4.04. The van der Waals surface area contributed by atoms with Crippen molar-refractivity contribution >= 4 is 5.82 Å². The van der Waals surface area contributed by atoms with Crippen LogP contribution in [0.15, 0.2) is 18.7 Å². The van der Waals surface area contributed by atoms with Gasteiger partial charge in [0.25, 0.3) is 0 Å². The quantitative estimate of drug-likeness (QED) is 0.857. The van der Waals surface area contributed by atoms with Crippen molar-refractivity contribution in [1.29, 1.82) is 0 Å². The topological polar surface area (TPSA) is 58.0 Å². The Hall–Kier alpha value is -2.08. The molecule has 0 bridgehead atoms. The highest BCUT2D eigenvalue weighted by atomic mass is 15.3. The second-order valence-corrected chi connectivity index (χ2v) is 7.12. The zero-order chi connectivity index (χ0) is 16.7. The van der Waals surface area contributed by atoms with Crippen molar-refractivity contribution in [3.63, 3.8) is 0 Å². The van der Waals surface area contributed by atoms with E-state index in [1.807, 2.05) is 6.92 Å². The molecule has 2 aromatic heterocycles. The number of aryl methyl sites for hydroxylation is 2. The third-order valence-corrected chi connectivity index (χ3v) is 5.53. The van der Waals surface area contributed by atoms with Gasteiger partial charge in [0.2, 0.25) is 0 Å². The minimum absolute atomic E-state index is 0.719. The molecule has 2 aliphatic heterocycles. The molecule has 2 saturated heterocycles. The van der Waals surface area contributed by atoms with Gasteiger partial charge in [-0.05, 0) is 32.6 Å². The van der Waals surface area contributed by atoms with Crippen LogP contribution in [0.25, 0.3) is 0 Å². The van der Waals surface area contributed by atoms with Gasteiger partial charge in [0.15, 0.2) is 0 Å². The van der Waals surface area contributed by atoms with E-state index in [1.54, 1.807) is 18.7 Å². The molecule has 6 heteroatoms. The van der Waals surface area contributed by atoms with Gasteiger partial charge >= 0.3 is 0 Å². The lowest BCUT2D eigenvalue weighted by molar-refractivity contribution is 0.304. The van der Waals surface area contributed by atoms with E-state index in [9.17, 15) is 0 Å². The normalized spacial score (nSPS) is 23.7. The molecular weight excluding hydrogens is 300 g/mol. The Morgan fingerprint density at radius 1 is 0.875 bits per heavy atom. The standard InChI is InChI=1S/C18H24N6/c1-12-13(2)21-11-22-18(12)24-8-15-6-23(7-16(15)9-24)10-17-14(3)19-4-5-20-17/h4-5,11,15-16H,6-10H2,1-3H3. The highest BCUT2D eigenvalue weighted by Crippen LogP contribution is 2.35. The van der Waals surface area contributed by atoms with E-state index in [2.05, 4.69) is 43.6 Å². The Kier molecular flexibility index (Phi) is 3.92. The molecule has 0 N–H and O–H groups in total. The smallest absolute Gasteiger partial charge is 0.135 e. The number of nitrogens with zero attached hydrogens (tertiary/aromatic N) is 6. The highest BCUT2D eigenvalue weighted by Gasteiger charge is 2.40. The van der Waals surface area contributed by atoms with E-state index in [0.717, 1.165) is 67.5 Å². The first kappa shape index (κ1) is 15.4. The van der Waals surface area contributed by atoms with Crippen LogP contribution >= 0.6 is 0 Å². The van der Waals surface area contributed by atoms with E-state index in [-0.39, 0.29) is 0 Å². The Morgan fingerprint density at radius 2 is 1.58 bits per heavy atom. The number of hydrogen-bond donors (Lipinski definition) is 0. The lowest BCUT2D eigenvalue weighted by Crippen LogP contribution is -2.30. The SMILES string of the molecule is Cc1nccnc1CN1CC2CN(c3ncnc(C)c3C)CC2C1. The van der Waals surface area contributed by atoms with Crippen molar-refractivity contribution in [1.82, 2.24) is 24.8 Å². The van der Waals surface area contributed by atoms with Crippen LogP contribution in [0.1, 0.15) is 22.6 Å². The van der Waals surface area contributed by atoms with Gasteiger partial charge in [-0.3, -0.25) is 14.9 Å². The molecule has 4 heterocycles. The molecule has 0 amide bonds. The molecule has 0 aromatic carbocycles. The van der Waals surface area contributed by atoms with Gasteiger partial charge in [0.1, 0.15) is 12.1 Å². The third-order valence-electron chi connectivity index (χ3n) is 5.53. The molecular formula is C18H24N6. The summed E-state index contributed by atoms with van der Waals surface area (Å²) >= 11 is 0. The van der Waals surface area contributed by atoms with Gasteiger partial charge in [0.05, 0.1) is 11.4 Å². The average Bonchev–Trinajstić information content (AvgIpc) is 3.10. The molecule has 2 unspecified atom stereocenters. The van der Waals surface area contributed by atoms with Crippen molar-refractivity contribution in [2.45, 2.75) is 27.3 Å². The van der Waals surface area contributed by atoms with Crippen LogP contribution in [-0.4, -0.2) is 51.0 Å². The Balaban J connectivity index is 1.42. The highest BCUT2D eigenvalue weighted by molar-refractivity contribution is 5.48. The predicted molar refractivity (Wildman–Crippen MR) is 92.7 cm³/mol. The first-order valence-corrected chi connectivity index (χ1v) is 8.64. The van der Waals surface area contributed by atoms with E-state index >= 15 is 0 Å². The second kappa shape index (κ2) is 6.09. The summed E-state index contributed by atoms with van der Waals surface area (Å²) in [7, 11) is 0. The predicted octanol–water partition coefficient (Wildman–Crippen LogP) is 1.76. The average molecular weight is 324 g/mol. The fourth-order valence-electron chi connectivity index (χ4n) is 4.04. The molecule has 4 rings (SSSR count). The van der Waals surface area contributed by atoms with E-state index < -0.39 is 0 Å². The summed E-state index contributed by atoms with van der Waals surface area (Å²) in [6.07, 6.45) is 5.25. The molecule has 2 fully saturated rings. The van der Waals surface area contributed by atoms with Crippen LogP contribution in [-0.2, 0) is 6.54 Å². The largest absolute Gasteiger partial charge is 0.356 e. The van der Waals surface area contributed by atoms with Gasteiger partial charge < -0.3 is 4.90 Å². The van der Waals surface area contributed by atoms with Crippen LogP contribution in [0.3, 0.4) is 0 Å². The molecule has 0 saturated carbocycles. The second-order valence-electron chi connectivity index (χ2n) is 7.12. The van der Waals surface area contributed by atoms with Gasteiger partial charge in [0, 0.05) is 56.4 Å². The monoisotopic (exact) mass is 324 g/mol. The van der Waals surface area contributed by atoms with E-state index in [1.165, 1.54) is 5.56 Å². The fraction of sp³-hybridized carbons (Fsp3) is 0.556. The Bertz CT molecular complexity index is 732. The molecule has 0 radical (unpaired) electrons. The third kappa shape index (κ3) is 2.75. The number of fused-ring (bicyclic) bond motifs is 1. The van der Waals surface area contributed by atoms with Crippen molar-refractivity contribution in [2.24, 2.45) is 11.8 Å². The maximum Gasteiger partial charge on any atom is 0.135 e. The minimum Gasteiger partial charge on any atom is -0.356 e. The maximum absolute atomic E-state index is 4.53. The lowest BCUT2D eigenvalue weighted by Gasteiger charge is -2.23. The minimum atomic E-state index is 0.719. The summed E-state index contributed by atoms with van der Waals surface area (Å²) < 4.78 is 0. The van der Waals surface area contributed by atoms with Gasteiger partial charge in [-0.15, -0.1) is 0 Å². The van der Waals surface area contributed by atoms with E-state index in [4.69, 9.17) is 0 Å². The van der Waals surface area contributed by atoms with Crippen LogP contribution < -0.4 is 4.90 Å². The molecule has 24 heavy (non-hydrogen) atoms. The van der Waals surface area contributed by atoms with Gasteiger partial charge in [-0.2, -0.15) is 0 Å². The summed E-state index contributed by atoms with van der Waals surface area (Å²) in [5.74, 6) is 2.56. The first-order valence-electron chi connectivity index (χ1n) is 8.64. The van der Waals surface area contributed by atoms with Crippen molar-refractivity contribution < 1.29 is 0 Å². The summed E-state index contributed by atoms with van der Waals surface area (Å²) in [5, 5.41) is 0. The van der Waals surface area contributed by atoms with Crippen LogP contribution in [0.4, 0.5) is 5.82 Å². The number of rotatable bonds is 3. The van der Waals surface area contributed by atoms with Crippen molar-refractivity contribution in [3.8, 4) is 0 Å². The van der Waals surface area contributed by atoms with Gasteiger partial charge in [-0.1, -0.05) is 0 Å². The molecule has 6 nitrogen and oxygen atoms in total. The van der Waals surface area contributed by atoms with Crippen molar-refractivity contribution in [3.05, 3.63) is 41.4 Å². The zero-order valence-electron chi connectivity index (χ0n) is 14.6. The Labute approximate surface area is 143 Å². The molecule has 2 atom stereocenters. The van der Waals surface area contributed by atoms with Crippen LogP contribution in [0.2, 0.25) is 0 Å². The number of hydrogen-bond acceptors (Lipinski definition) is 6. The number of aromatic nitrogens is 4. The van der Waals surface area contributed by atoms with Crippen molar-refractivity contribution in [2.75, 3.05) is 31.1 Å². The Morgan fingerprint density at radius 3 is 2.29 bits per heavy atom. The maximum atomic E-state index is 4.53. The summed E-state index contributed by atoms with van der Waals surface area (Å²) in [6.45, 7) is 11.6. The zero-order valence-corrected chi connectivity index (χ0v) is 14.6. The molecule has 2 aromatic rings. The molecule has 0 aliphatic carbocycles. The van der Waals surface area contributed by atoms with Crippen LogP contribution in [0.5, 0.6) is 0 Å². The summed E-state index contributed by atoms with van der Waals surface area (Å²) in [6, 6.07) is 0. The lowest BCUT2D eigenvalue weighted by atomic mass is 10.0. The molecule has 0 spiro atoms. The molecule has 2 aliphatic rings. The van der Waals surface area contributed by atoms with E-state index in [0.29, 0.717) is 0 Å². The summed E-state index contributed by atoms with van der Waals surface area (Å²) in [4.78, 5) is 22.6. The van der Waals surface area contributed by atoms with Gasteiger partial charge in [-0.25, -0.2) is 9.97 Å².